The van der Waals surface area contributed by atoms with Crippen molar-refractivity contribution in [3.05, 3.63) is 101 Å². The quantitative estimate of drug-likeness (QED) is 0.387. The first kappa shape index (κ1) is 19.5. The van der Waals surface area contributed by atoms with Crippen molar-refractivity contribution in [2.75, 3.05) is 0 Å². The van der Waals surface area contributed by atoms with Gasteiger partial charge in [0.25, 0.3) is 0 Å². The number of fused-ring (bicyclic) bond motifs is 3. The van der Waals surface area contributed by atoms with E-state index < -0.39 is 0 Å². The molecule has 0 aliphatic rings. The van der Waals surface area contributed by atoms with Crippen LogP contribution in [0.15, 0.2) is 90.6 Å². The predicted octanol–water partition coefficient (Wildman–Crippen LogP) is 4.78. The van der Waals surface area contributed by atoms with E-state index in [0.29, 0.717) is 10.7 Å². The first-order valence-corrected chi connectivity index (χ1v) is 10.7. The molecule has 0 aliphatic carbocycles. The fraction of sp³-hybridized carbons (Fsp3) is 0.0400. The third-order valence-corrected chi connectivity index (χ3v) is 6.15. The molecule has 0 amide bonds. The van der Waals surface area contributed by atoms with Crippen molar-refractivity contribution in [2.24, 2.45) is 7.05 Å². The van der Waals surface area contributed by atoms with E-state index in [1.807, 2.05) is 53.4 Å². The summed E-state index contributed by atoms with van der Waals surface area (Å²) in [5, 5.41) is 1.39. The third kappa shape index (κ3) is 3.05. The Morgan fingerprint density at radius 2 is 1.85 bits per heavy atom. The van der Waals surface area contributed by atoms with Gasteiger partial charge in [-0.3, -0.25) is 19.1 Å². The van der Waals surface area contributed by atoms with E-state index in [2.05, 4.69) is 21.0 Å². The average Bonchev–Trinajstić information content (AvgIpc) is 3.46. The number of hydrogen-bond acceptors (Lipinski definition) is 4. The number of nitrogens with zero attached hydrogens (tertiary/aromatic N) is 6. The highest BCUT2D eigenvalue weighted by Crippen LogP contribution is 2.31. The topological polar surface area (TPSA) is 70.5 Å². The molecule has 7 nitrogen and oxygen atoms in total. The lowest BCUT2D eigenvalue weighted by molar-refractivity contribution is 0.845. The van der Waals surface area contributed by atoms with Crippen LogP contribution in [0, 0.1) is 0 Å². The Morgan fingerprint density at radius 1 is 0.939 bits per heavy atom. The van der Waals surface area contributed by atoms with Crippen LogP contribution in [-0.2, 0) is 7.05 Å². The van der Waals surface area contributed by atoms with Crippen molar-refractivity contribution in [1.29, 1.82) is 0 Å². The van der Waals surface area contributed by atoms with Crippen molar-refractivity contribution in [3.8, 4) is 22.5 Å². The number of rotatable bonds is 3. The van der Waals surface area contributed by atoms with Crippen molar-refractivity contribution in [3.63, 3.8) is 0 Å². The SMILES string of the molecule is Cn1c(=O)n(-c2ccc(-n3ccnc3)c(Cl)c2)c2c3cc(-c4cccnc4)ccc3ncc21. The van der Waals surface area contributed by atoms with Crippen LogP contribution >= 0.6 is 11.6 Å². The van der Waals surface area contributed by atoms with Crippen LogP contribution in [0.3, 0.4) is 0 Å². The molecule has 6 aromatic rings. The zero-order valence-corrected chi connectivity index (χ0v) is 18.3. The summed E-state index contributed by atoms with van der Waals surface area (Å²) in [4.78, 5) is 26.2. The molecule has 6 rings (SSSR count). The summed E-state index contributed by atoms with van der Waals surface area (Å²) in [7, 11) is 1.75. The zero-order chi connectivity index (χ0) is 22.5. The van der Waals surface area contributed by atoms with Gasteiger partial charge in [-0.15, -0.1) is 0 Å². The Morgan fingerprint density at radius 3 is 2.61 bits per heavy atom. The molecule has 0 bridgehead atoms. The first-order valence-electron chi connectivity index (χ1n) is 10.3. The highest BCUT2D eigenvalue weighted by molar-refractivity contribution is 6.32. The molecule has 0 saturated heterocycles. The van der Waals surface area contributed by atoms with E-state index >= 15 is 0 Å². The van der Waals surface area contributed by atoms with Gasteiger partial charge in [-0.05, 0) is 42.0 Å². The fourth-order valence-corrected chi connectivity index (χ4v) is 4.47. The number of aromatic nitrogens is 6. The van der Waals surface area contributed by atoms with Crippen LogP contribution in [-0.4, -0.2) is 28.7 Å². The smallest absolute Gasteiger partial charge is 0.305 e. The lowest BCUT2D eigenvalue weighted by Crippen LogP contribution is -2.20. The molecule has 0 radical (unpaired) electrons. The second-order valence-electron chi connectivity index (χ2n) is 7.75. The normalized spacial score (nSPS) is 11.5. The minimum atomic E-state index is -0.169. The van der Waals surface area contributed by atoms with Gasteiger partial charge in [-0.1, -0.05) is 23.7 Å². The number of hydrogen-bond donors (Lipinski definition) is 0. The lowest BCUT2D eigenvalue weighted by atomic mass is 10.0. The number of imidazole rings is 2. The molecule has 4 heterocycles. The Labute approximate surface area is 193 Å². The van der Waals surface area contributed by atoms with E-state index in [1.54, 1.807) is 47.2 Å². The number of benzene rings is 2. The molecule has 0 atom stereocenters. The predicted molar refractivity (Wildman–Crippen MR) is 129 cm³/mol. The summed E-state index contributed by atoms with van der Waals surface area (Å²) < 4.78 is 5.13. The molecule has 8 heteroatoms. The summed E-state index contributed by atoms with van der Waals surface area (Å²) >= 11 is 6.61. The maximum Gasteiger partial charge on any atom is 0.333 e. The molecule has 33 heavy (non-hydrogen) atoms. The van der Waals surface area contributed by atoms with Gasteiger partial charge < -0.3 is 4.57 Å². The van der Waals surface area contributed by atoms with Gasteiger partial charge in [0, 0.05) is 42.8 Å². The summed E-state index contributed by atoms with van der Waals surface area (Å²) in [6.45, 7) is 0. The van der Waals surface area contributed by atoms with Crippen molar-refractivity contribution in [2.45, 2.75) is 0 Å². The summed E-state index contributed by atoms with van der Waals surface area (Å²) in [6, 6.07) is 15.5. The van der Waals surface area contributed by atoms with Crippen LogP contribution in [0.1, 0.15) is 0 Å². The Hall–Kier alpha value is -4.23. The van der Waals surface area contributed by atoms with Gasteiger partial charge in [0.2, 0.25) is 0 Å². The van der Waals surface area contributed by atoms with Crippen LogP contribution in [0.2, 0.25) is 5.02 Å². The molecule has 0 aliphatic heterocycles. The molecule has 0 saturated carbocycles. The van der Waals surface area contributed by atoms with E-state index in [1.165, 1.54) is 0 Å². The van der Waals surface area contributed by atoms with Gasteiger partial charge in [0.1, 0.15) is 0 Å². The molecule has 2 aromatic carbocycles. The van der Waals surface area contributed by atoms with Gasteiger partial charge in [-0.25, -0.2) is 9.78 Å². The summed E-state index contributed by atoms with van der Waals surface area (Å²) in [6.07, 6.45) is 10.5. The fourth-order valence-electron chi connectivity index (χ4n) is 4.20. The minimum Gasteiger partial charge on any atom is -0.305 e. The van der Waals surface area contributed by atoms with Crippen LogP contribution in [0.4, 0.5) is 0 Å². The zero-order valence-electron chi connectivity index (χ0n) is 17.6. The maximum atomic E-state index is 13.3. The van der Waals surface area contributed by atoms with Crippen LogP contribution < -0.4 is 5.69 Å². The summed E-state index contributed by atoms with van der Waals surface area (Å²) in [5.74, 6) is 0. The van der Waals surface area contributed by atoms with Gasteiger partial charge in [-0.2, -0.15) is 0 Å². The second-order valence-corrected chi connectivity index (χ2v) is 8.16. The molecule has 0 spiro atoms. The monoisotopic (exact) mass is 452 g/mol. The highest BCUT2D eigenvalue weighted by atomic mass is 35.5. The number of aryl methyl sites for hydroxylation is 1. The van der Waals surface area contributed by atoms with E-state index in [9.17, 15) is 4.79 Å². The molecular weight excluding hydrogens is 436 g/mol. The van der Waals surface area contributed by atoms with Crippen molar-refractivity contribution >= 4 is 33.5 Å². The van der Waals surface area contributed by atoms with Crippen molar-refractivity contribution < 1.29 is 0 Å². The Bertz CT molecular complexity index is 1700. The minimum absolute atomic E-state index is 0.169. The van der Waals surface area contributed by atoms with Gasteiger partial charge in [0.15, 0.2) is 0 Å². The Kier molecular flexibility index (Phi) is 4.38. The second kappa shape index (κ2) is 7.43. The largest absolute Gasteiger partial charge is 0.333 e. The molecule has 0 N–H and O–H groups in total. The standard InChI is InChI=1S/C25H17ClN6O/c1-30-23-14-29-21-6-4-16(17-3-2-8-27-13-17)11-19(21)24(23)32(25(30)33)18-5-7-22(20(26)12-18)31-10-9-28-15-31/h2-15H,1H3. The molecule has 4 aromatic heterocycles. The number of halogens is 1. The van der Waals surface area contributed by atoms with E-state index in [-0.39, 0.29) is 5.69 Å². The summed E-state index contributed by atoms with van der Waals surface area (Å²) in [5.41, 5.74) is 5.62. The lowest BCUT2D eigenvalue weighted by Gasteiger charge is -2.10. The maximum absolute atomic E-state index is 13.3. The highest BCUT2D eigenvalue weighted by Gasteiger charge is 2.17. The third-order valence-electron chi connectivity index (χ3n) is 5.85. The molecule has 0 fully saturated rings. The Balaban J connectivity index is 1.64. The molecule has 160 valence electrons. The molecular formula is C25H17ClN6O. The molecule has 0 unspecified atom stereocenters. The van der Waals surface area contributed by atoms with Gasteiger partial charge in [0.05, 0.1) is 45.5 Å². The first-order chi connectivity index (χ1) is 16.1. The van der Waals surface area contributed by atoms with Crippen LogP contribution in [0.25, 0.3) is 44.4 Å². The van der Waals surface area contributed by atoms with E-state index in [0.717, 1.165) is 38.8 Å². The number of pyridine rings is 2. The average molecular weight is 453 g/mol. The van der Waals surface area contributed by atoms with Crippen LogP contribution in [0.5, 0.6) is 0 Å². The van der Waals surface area contributed by atoms with Crippen molar-refractivity contribution in [1.82, 2.24) is 28.7 Å². The van der Waals surface area contributed by atoms with E-state index in [4.69, 9.17) is 11.6 Å². The van der Waals surface area contributed by atoms with Gasteiger partial charge >= 0.3 is 5.69 Å².